The van der Waals surface area contributed by atoms with Gasteiger partial charge in [0.2, 0.25) is 5.75 Å². The first-order valence-electron chi connectivity index (χ1n) is 12.5. The average Bonchev–Trinajstić information content (AvgIpc) is 3.20. The molecule has 0 spiro atoms. The lowest BCUT2D eigenvalue weighted by molar-refractivity contribution is -0.152. The zero-order chi connectivity index (χ0) is 27.6. The van der Waals surface area contributed by atoms with Crippen LogP contribution in [0.1, 0.15) is 47.1 Å². The third-order valence-corrected chi connectivity index (χ3v) is 7.43. The normalized spacial score (nSPS) is 19.8. The molecule has 3 amide bonds. The van der Waals surface area contributed by atoms with E-state index in [9.17, 15) is 28.7 Å². The van der Waals surface area contributed by atoms with E-state index < -0.39 is 52.5 Å². The van der Waals surface area contributed by atoms with Crippen LogP contribution in [0.4, 0.5) is 4.39 Å². The number of likely N-dealkylation sites (N-methyl/N-ethyl adjacent to an activating group) is 2. The zero-order valence-corrected chi connectivity index (χ0v) is 21.6. The Morgan fingerprint density at radius 2 is 1.89 bits per heavy atom. The van der Waals surface area contributed by atoms with E-state index in [0.29, 0.717) is 37.4 Å². The summed E-state index contributed by atoms with van der Waals surface area (Å²) in [6, 6.07) is 5.14. The van der Waals surface area contributed by atoms with Crippen LogP contribution in [-0.2, 0) is 27.4 Å². The van der Waals surface area contributed by atoms with E-state index in [0.717, 1.165) is 6.42 Å². The van der Waals surface area contributed by atoms with Crippen LogP contribution in [0, 0.1) is 11.7 Å². The number of amides is 3. The molecule has 1 saturated carbocycles. The highest BCUT2D eigenvalue weighted by molar-refractivity contribution is 6.34. The molecule has 1 aliphatic carbocycles. The van der Waals surface area contributed by atoms with Crippen molar-refractivity contribution in [2.75, 3.05) is 34.4 Å². The molecule has 3 unspecified atom stereocenters. The number of carbonyl (C=O) groups is 3. The van der Waals surface area contributed by atoms with Crippen LogP contribution in [0.15, 0.2) is 29.1 Å². The molecular weight excluding hydrogens is 497 g/mol. The van der Waals surface area contributed by atoms with Crippen LogP contribution in [0.2, 0.25) is 0 Å². The van der Waals surface area contributed by atoms with Gasteiger partial charge in [-0.2, -0.15) is 0 Å². The molecule has 0 radical (unpaired) electrons. The van der Waals surface area contributed by atoms with Gasteiger partial charge in [-0.1, -0.05) is 12.1 Å². The molecule has 5 rings (SSSR count). The number of hydrogen-bond donors (Lipinski definition) is 2. The van der Waals surface area contributed by atoms with Gasteiger partial charge in [0, 0.05) is 52.8 Å². The van der Waals surface area contributed by atoms with Gasteiger partial charge in [0.05, 0.1) is 6.61 Å². The van der Waals surface area contributed by atoms with E-state index in [1.54, 1.807) is 7.05 Å². The fourth-order valence-electron chi connectivity index (χ4n) is 5.23. The van der Waals surface area contributed by atoms with Crippen molar-refractivity contribution in [3.05, 3.63) is 57.5 Å². The van der Waals surface area contributed by atoms with E-state index in [-0.39, 0.29) is 19.0 Å². The van der Waals surface area contributed by atoms with Crippen molar-refractivity contribution in [1.29, 1.82) is 0 Å². The Morgan fingerprint density at radius 1 is 1.18 bits per heavy atom. The Labute approximate surface area is 219 Å². The minimum atomic E-state index is -0.748. The smallest absolute Gasteiger partial charge is 0.312 e. The summed E-state index contributed by atoms with van der Waals surface area (Å²) < 4.78 is 19.5. The molecule has 11 nitrogen and oxygen atoms in total. The number of carbonyl (C=O) groups excluding carboxylic acids is 3. The second kappa shape index (κ2) is 11.3. The molecule has 2 N–H and O–H groups in total. The third kappa shape index (κ3) is 5.40. The summed E-state index contributed by atoms with van der Waals surface area (Å²) in [6.45, 7) is 0.899. The molecular formula is C26H32FN5O6. The molecule has 12 heteroatoms. The van der Waals surface area contributed by atoms with Gasteiger partial charge in [-0.3, -0.25) is 23.7 Å². The second-order valence-corrected chi connectivity index (χ2v) is 9.88. The quantitative estimate of drug-likeness (QED) is 0.508. The fraction of sp³-hybridized carbons (Fsp3) is 0.500. The Hall–Kier alpha value is -3.80. The number of aromatic nitrogens is 2. The molecule has 1 aromatic heterocycles. The minimum Gasteiger partial charge on any atom is -0.501 e. The third-order valence-electron chi connectivity index (χ3n) is 7.43. The lowest BCUT2D eigenvalue weighted by Crippen LogP contribution is -2.50. The lowest BCUT2D eigenvalue weighted by Gasteiger charge is -2.38. The average molecular weight is 530 g/mol. The van der Waals surface area contributed by atoms with Gasteiger partial charge < -0.3 is 25.0 Å². The standard InChI is InChI=1S/C26H32FN5O6/c1-30(10-11-38-3)25(36)26(37)31(2)19-12-16-6-9-18(19)22-29-20(21(33)24(35)32(22)14-16)23(34)28-13-15-4-7-17(27)8-5-15/h4-5,7-8,16,18-19,33H,6,9-14H2,1-3H3,(H,28,34). The highest BCUT2D eigenvalue weighted by Gasteiger charge is 2.43. The van der Waals surface area contributed by atoms with Crippen LogP contribution >= 0.6 is 0 Å². The highest BCUT2D eigenvalue weighted by atomic mass is 19.1. The van der Waals surface area contributed by atoms with E-state index in [1.165, 1.54) is 52.8 Å². The minimum absolute atomic E-state index is 0.0334. The van der Waals surface area contributed by atoms with Crippen molar-refractivity contribution >= 4 is 17.7 Å². The summed E-state index contributed by atoms with van der Waals surface area (Å²) in [7, 11) is 4.60. The van der Waals surface area contributed by atoms with Crippen LogP contribution in [-0.4, -0.2) is 82.6 Å². The summed E-state index contributed by atoms with van der Waals surface area (Å²) in [5, 5.41) is 13.2. The van der Waals surface area contributed by atoms with Crippen molar-refractivity contribution < 1.29 is 28.6 Å². The van der Waals surface area contributed by atoms with Crippen LogP contribution in [0.5, 0.6) is 5.75 Å². The SMILES string of the molecule is COCCN(C)C(=O)C(=O)N(C)C1CC2CCC1c1nc(C(=O)NCc3ccc(F)cc3)c(O)c(=O)n1C2. The molecule has 0 saturated heterocycles. The number of rotatable bonds is 7. The molecule has 3 aliphatic rings. The number of ether oxygens (including phenoxy) is 1. The van der Waals surface area contributed by atoms with Gasteiger partial charge in [0.1, 0.15) is 11.6 Å². The Kier molecular flexibility index (Phi) is 8.10. The van der Waals surface area contributed by atoms with Crippen molar-refractivity contribution in [2.24, 2.45) is 5.92 Å². The number of fused-ring (bicyclic) bond motifs is 2. The van der Waals surface area contributed by atoms with Crippen molar-refractivity contribution in [3.63, 3.8) is 0 Å². The first-order valence-corrected chi connectivity index (χ1v) is 12.5. The first kappa shape index (κ1) is 27.2. The Balaban J connectivity index is 1.60. The zero-order valence-electron chi connectivity index (χ0n) is 21.6. The lowest BCUT2D eigenvalue weighted by atomic mass is 9.78. The maximum absolute atomic E-state index is 13.2. The summed E-state index contributed by atoms with van der Waals surface area (Å²) >= 11 is 0. The van der Waals surface area contributed by atoms with Gasteiger partial charge in [-0.05, 0) is 42.9 Å². The number of aromatic hydroxyl groups is 1. The number of hydrogen-bond acceptors (Lipinski definition) is 7. The largest absolute Gasteiger partial charge is 0.501 e. The number of nitrogens with zero attached hydrogens (tertiary/aromatic N) is 4. The molecule has 1 aromatic carbocycles. The summed E-state index contributed by atoms with van der Waals surface area (Å²) in [4.78, 5) is 59.0. The maximum Gasteiger partial charge on any atom is 0.312 e. The van der Waals surface area contributed by atoms with Gasteiger partial charge >= 0.3 is 11.8 Å². The molecule has 1 fully saturated rings. The second-order valence-electron chi connectivity index (χ2n) is 9.88. The Bertz CT molecular complexity index is 1280. The van der Waals surface area contributed by atoms with Crippen LogP contribution in [0.3, 0.4) is 0 Å². The number of methoxy groups -OCH3 is 1. The first-order chi connectivity index (χ1) is 18.1. The van der Waals surface area contributed by atoms with Crippen LogP contribution in [0.25, 0.3) is 0 Å². The van der Waals surface area contributed by atoms with E-state index in [4.69, 9.17) is 4.74 Å². The van der Waals surface area contributed by atoms with Crippen LogP contribution < -0.4 is 10.9 Å². The highest BCUT2D eigenvalue weighted by Crippen LogP contribution is 2.42. The molecule has 204 valence electrons. The molecule has 2 bridgehead atoms. The Morgan fingerprint density at radius 3 is 2.58 bits per heavy atom. The van der Waals surface area contributed by atoms with E-state index in [1.807, 2.05) is 0 Å². The predicted molar refractivity (Wildman–Crippen MR) is 134 cm³/mol. The van der Waals surface area contributed by atoms with Crippen molar-refractivity contribution in [3.8, 4) is 5.75 Å². The number of nitrogens with one attached hydrogen (secondary N) is 1. The van der Waals surface area contributed by atoms with Crippen molar-refractivity contribution in [2.45, 2.75) is 44.3 Å². The summed E-state index contributed by atoms with van der Waals surface area (Å²) in [5.41, 5.74) is -0.495. The van der Waals surface area contributed by atoms with Gasteiger partial charge in [-0.15, -0.1) is 0 Å². The number of benzene rings is 1. The summed E-state index contributed by atoms with van der Waals surface area (Å²) in [5.74, 6) is -3.31. The summed E-state index contributed by atoms with van der Waals surface area (Å²) in [6.07, 6.45) is 1.94. The number of halogens is 1. The predicted octanol–water partition coefficient (Wildman–Crippen LogP) is 0.847. The van der Waals surface area contributed by atoms with E-state index in [2.05, 4.69) is 10.3 Å². The fourth-order valence-corrected chi connectivity index (χ4v) is 5.23. The molecule has 2 aliphatic heterocycles. The molecule has 3 heterocycles. The monoisotopic (exact) mass is 529 g/mol. The topological polar surface area (TPSA) is 134 Å². The van der Waals surface area contributed by atoms with Gasteiger partial charge in [0.25, 0.3) is 11.5 Å². The molecule has 3 atom stereocenters. The van der Waals surface area contributed by atoms with E-state index >= 15 is 0 Å². The molecule has 38 heavy (non-hydrogen) atoms. The van der Waals surface area contributed by atoms with Gasteiger partial charge in [0.15, 0.2) is 5.69 Å². The van der Waals surface area contributed by atoms with Crippen molar-refractivity contribution in [1.82, 2.24) is 24.7 Å². The molecule has 2 aromatic rings. The maximum atomic E-state index is 13.2. The van der Waals surface area contributed by atoms with Gasteiger partial charge in [-0.25, -0.2) is 9.37 Å².